The summed E-state index contributed by atoms with van der Waals surface area (Å²) in [5.41, 5.74) is 1.50. The molecule has 3 aromatic rings. The topological polar surface area (TPSA) is 71.8 Å². The van der Waals surface area contributed by atoms with Crippen LogP contribution in [0.2, 0.25) is 0 Å². The van der Waals surface area contributed by atoms with Gasteiger partial charge in [0, 0.05) is 29.3 Å². The molecule has 0 bridgehead atoms. The van der Waals surface area contributed by atoms with Gasteiger partial charge in [-0.05, 0) is 35.6 Å². The standard InChI is InChI=1S/C19H15FN4O/c1-11(14-3-2-4-16(14)20)19-22-10-17(23-24-19)15-7-12-5-6-21-9-13(12)8-18(15)25/h2,4-10,14,16,25H,1,3H2/t14-,16+/m1/s1. The molecule has 2 atom stereocenters. The summed E-state index contributed by atoms with van der Waals surface area (Å²) in [5.74, 6) is 0.0609. The normalized spacial score (nSPS) is 19.4. The van der Waals surface area contributed by atoms with Crippen LogP contribution in [0.15, 0.2) is 55.5 Å². The van der Waals surface area contributed by atoms with Gasteiger partial charge in [0.1, 0.15) is 17.6 Å². The third-order valence-corrected chi connectivity index (χ3v) is 4.42. The molecule has 0 fully saturated rings. The van der Waals surface area contributed by atoms with Gasteiger partial charge in [-0.25, -0.2) is 9.37 Å². The minimum atomic E-state index is -1.06. The SMILES string of the molecule is C=C(c1ncc(-c2cc3ccncc3cc2O)nn1)[C@H]1CC=C[C@@H]1F. The van der Waals surface area contributed by atoms with E-state index in [2.05, 4.69) is 26.7 Å². The van der Waals surface area contributed by atoms with E-state index in [0.29, 0.717) is 29.1 Å². The Hall–Kier alpha value is -3.15. The molecule has 0 saturated carbocycles. The van der Waals surface area contributed by atoms with E-state index >= 15 is 0 Å². The molecule has 0 unspecified atom stereocenters. The lowest BCUT2D eigenvalue weighted by atomic mass is 9.96. The predicted molar refractivity (Wildman–Crippen MR) is 93.4 cm³/mol. The van der Waals surface area contributed by atoms with Crippen LogP contribution in [0.4, 0.5) is 4.39 Å². The highest BCUT2D eigenvalue weighted by Crippen LogP contribution is 2.34. The van der Waals surface area contributed by atoms with Gasteiger partial charge in [-0.2, -0.15) is 0 Å². The number of alkyl halides is 1. The fourth-order valence-corrected chi connectivity index (χ4v) is 2.99. The molecule has 0 spiro atoms. The maximum absolute atomic E-state index is 13.8. The third kappa shape index (κ3) is 2.76. The molecule has 4 rings (SSSR count). The van der Waals surface area contributed by atoms with Crippen molar-refractivity contribution in [3.8, 4) is 17.0 Å². The van der Waals surface area contributed by atoms with E-state index in [1.807, 2.05) is 12.1 Å². The molecule has 1 aliphatic rings. The number of phenols is 1. The average molecular weight is 334 g/mol. The summed E-state index contributed by atoms with van der Waals surface area (Å²) in [7, 11) is 0. The van der Waals surface area contributed by atoms with Gasteiger partial charge in [-0.15, -0.1) is 10.2 Å². The number of fused-ring (bicyclic) bond motifs is 1. The molecule has 124 valence electrons. The van der Waals surface area contributed by atoms with E-state index < -0.39 is 6.17 Å². The number of rotatable bonds is 3. The lowest BCUT2D eigenvalue weighted by Crippen LogP contribution is -2.12. The zero-order chi connectivity index (χ0) is 17.4. The Morgan fingerprint density at radius 1 is 1.20 bits per heavy atom. The number of allylic oxidation sites excluding steroid dienone is 3. The van der Waals surface area contributed by atoms with Gasteiger partial charge in [0.15, 0.2) is 5.82 Å². The summed E-state index contributed by atoms with van der Waals surface area (Å²) in [4.78, 5) is 8.30. The predicted octanol–water partition coefficient (Wildman–Crippen LogP) is 3.72. The second kappa shape index (κ2) is 6.05. The largest absolute Gasteiger partial charge is 0.507 e. The highest BCUT2D eigenvalue weighted by molar-refractivity contribution is 5.89. The summed E-state index contributed by atoms with van der Waals surface area (Å²) in [6.07, 6.45) is 7.73. The van der Waals surface area contributed by atoms with Gasteiger partial charge in [-0.3, -0.25) is 4.98 Å². The Morgan fingerprint density at radius 2 is 2.08 bits per heavy atom. The smallest absolute Gasteiger partial charge is 0.177 e. The van der Waals surface area contributed by atoms with Gasteiger partial charge < -0.3 is 5.11 Å². The lowest BCUT2D eigenvalue weighted by molar-refractivity contribution is 0.346. The fourth-order valence-electron chi connectivity index (χ4n) is 2.99. The van der Waals surface area contributed by atoms with Crippen molar-refractivity contribution >= 4 is 16.3 Å². The van der Waals surface area contributed by atoms with Crippen LogP contribution in [0.5, 0.6) is 5.75 Å². The van der Waals surface area contributed by atoms with Crippen molar-refractivity contribution in [3.63, 3.8) is 0 Å². The molecular weight excluding hydrogens is 319 g/mol. The van der Waals surface area contributed by atoms with E-state index in [4.69, 9.17) is 0 Å². The molecule has 25 heavy (non-hydrogen) atoms. The quantitative estimate of drug-likeness (QED) is 0.739. The van der Waals surface area contributed by atoms with Crippen molar-refractivity contribution in [2.45, 2.75) is 12.6 Å². The van der Waals surface area contributed by atoms with E-state index in [1.54, 1.807) is 24.5 Å². The second-order valence-corrected chi connectivity index (χ2v) is 6.00. The number of aromatic hydroxyl groups is 1. The molecular formula is C19H15FN4O. The Morgan fingerprint density at radius 3 is 2.80 bits per heavy atom. The zero-order valence-corrected chi connectivity index (χ0v) is 13.3. The number of aromatic nitrogens is 4. The first-order valence-corrected chi connectivity index (χ1v) is 7.90. The molecule has 1 N–H and O–H groups in total. The minimum Gasteiger partial charge on any atom is -0.507 e. The van der Waals surface area contributed by atoms with E-state index in [-0.39, 0.29) is 11.7 Å². The van der Waals surface area contributed by atoms with Crippen molar-refractivity contribution in [2.75, 3.05) is 0 Å². The summed E-state index contributed by atoms with van der Waals surface area (Å²) in [5, 5.41) is 20.2. The maximum Gasteiger partial charge on any atom is 0.177 e. The van der Waals surface area contributed by atoms with Crippen LogP contribution in [0.25, 0.3) is 27.6 Å². The summed E-state index contributed by atoms with van der Waals surface area (Å²) in [6.45, 7) is 3.92. The van der Waals surface area contributed by atoms with Crippen LogP contribution in [-0.2, 0) is 0 Å². The molecule has 6 heteroatoms. The van der Waals surface area contributed by atoms with Gasteiger partial charge in [0.25, 0.3) is 0 Å². The van der Waals surface area contributed by atoms with Crippen molar-refractivity contribution in [1.82, 2.24) is 20.2 Å². The van der Waals surface area contributed by atoms with Crippen LogP contribution in [-0.4, -0.2) is 31.4 Å². The number of pyridine rings is 1. The molecule has 1 aliphatic carbocycles. The highest BCUT2D eigenvalue weighted by Gasteiger charge is 2.27. The van der Waals surface area contributed by atoms with Crippen molar-refractivity contribution in [1.29, 1.82) is 0 Å². The summed E-state index contributed by atoms with van der Waals surface area (Å²) in [6, 6.07) is 5.29. The second-order valence-electron chi connectivity index (χ2n) is 6.00. The summed E-state index contributed by atoms with van der Waals surface area (Å²) < 4.78 is 13.8. The average Bonchev–Trinajstić information content (AvgIpc) is 3.06. The Bertz CT molecular complexity index is 984. The van der Waals surface area contributed by atoms with E-state index in [9.17, 15) is 9.50 Å². The molecule has 2 aromatic heterocycles. The van der Waals surface area contributed by atoms with Crippen molar-refractivity contribution < 1.29 is 9.50 Å². The van der Waals surface area contributed by atoms with Gasteiger partial charge in [0.05, 0.1) is 6.20 Å². The van der Waals surface area contributed by atoms with Crippen molar-refractivity contribution in [3.05, 3.63) is 61.3 Å². The van der Waals surface area contributed by atoms with E-state index in [0.717, 1.165) is 10.8 Å². The van der Waals surface area contributed by atoms with Gasteiger partial charge in [0.2, 0.25) is 0 Å². The van der Waals surface area contributed by atoms with Crippen LogP contribution in [0.1, 0.15) is 12.2 Å². The van der Waals surface area contributed by atoms with Crippen LogP contribution >= 0.6 is 0 Å². The molecule has 0 radical (unpaired) electrons. The Balaban J connectivity index is 1.66. The number of benzene rings is 1. The number of phenolic OH excluding ortho intramolecular Hbond substituents is 1. The molecule has 0 aliphatic heterocycles. The van der Waals surface area contributed by atoms with Gasteiger partial charge in [-0.1, -0.05) is 18.7 Å². The van der Waals surface area contributed by atoms with Crippen molar-refractivity contribution in [2.24, 2.45) is 5.92 Å². The van der Waals surface area contributed by atoms with Crippen LogP contribution in [0, 0.1) is 5.92 Å². The molecule has 0 amide bonds. The van der Waals surface area contributed by atoms with Gasteiger partial charge >= 0.3 is 0 Å². The first-order chi connectivity index (χ1) is 12.1. The number of hydrogen-bond donors (Lipinski definition) is 1. The number of hydrogen-bond acceptors (Lipinski definition) is 5. The monoisotopic (exact) mass is 334 g/mol. The summed E-state index contributed by atoms with van der Waals surface area (Å²) >= 11 is 0. The molecule has 1 aromatic carbocycles. The number of nitrogens with zero attached hydrogens (tertiary/aromatic N) is 4. The number of halogens is 1. The molecule has 0 saturated heterocycles. The molecule has 2 heterocycles. The highest BCUT2D eigenvalue weighted by atomic mass is 19.1. The van der Waals surface area contributed by atoms with Crippen LogP contribution in [0.3, 0.4) is 0 Å². The first kappa shape index (κ1) is 15.4. The fraction of sp³-hybridized carbons (Fsp3) is 0.158. The zero-order valence-electron chi connectivity index (χ0n) is 13.3. The maximum atomic E-state index is 13.8. The Kier molecular flexibility index (Phi) is 3.72. The first-order valence-electron chi connectivity index (χ1n) is 7.90. The van der Waals surface area contributed by atoms with E-state index in [1.165, 1.54) is 12.3 Å². The third-order valence-electron chi connectivity index (χ3n) is 4.42. The molecule has 5 nitrogen and oxygen atoms in total. The Labute approximate surface area is 143 Å². The minimum absolute atomic E-state index is 0.0759. The van der Waals surface area contributed by atoms with Crippen LogP contribution < -0.4 is 0 Å². The lowest BCUT2D eigenvalue weighted by Gasteiger charge is -2.14.